The van der Waals surface area contributed by atoms with Gasteiger partial charge in [-0.25, -0.2) is 0 Å². The zero-order chi connectivity index (χ0) is 4.41. The summed E-state index contributed by atoms with van der Waals surface area (Å²) in [6, 6.07) is 0. The number of rotatable bonds is 0. The molecule has 0 bridgehead atoms. The third-order valence-corrected chi connectivity index (χ3v) is 1.31. The van der Waals surface area contributed by atoms with E-state index in [-0.39, 0.29) is 0 Å². The number of allylic oxidation sites excluding steroid dienone is 4. The molecule has 0 amide bonds. The van der Waals surface area contributed by atoms with Gasteiger partial charge >= 0.3 is 47.1 Å². The summed E-state index contributed by atoms with van der Waals surface area (Å²) in [5.41, 5.74) is 0. The summed E-state index contributed by atoms with van der Waals surface area (Å²) in [7, 11) is 0. The topological polar surface area (TPSA) is 0 Å². The van der Waals surface area contributed by atoms with Crippen molar-refractivity contribution in [2.45, 2.75) is 4.51 Å². The third-order valence-electron chi connectivity index (χ3n) is 0.684. The summed E-state index contributed by atoms with van der Waals surface area (Å²) in [5.74, 6) is 0. The van der Waals surface area contributed by atoms with Crippen LogP contribution in [0, 0.1) is 0 Å². The molecule has 0 N–H and O–H groups in total. The Labute approximate surface area is 47.6 Å². The molecule has 0 radical (unpaired) electrons. The van der Waals surface area contributed by atoms with Crippen molar-refractivity contribution in [3.05, 3.63) is 24.3 Å². The van der Waals surface area contributed by atoms with Crippen LogP contribution in [0.5, 0.6) is 0 Å². The summed E-state index contributed by atoms with van der Waals surface area (Å²) < 4.78 is 0.575. The average Bonchev–Trinajstić information content (AvgIpc) is 1.86. The summed E-state index contributed by atoms with van der Waals surface area (Å²) in [6.07, 6.45) is 8.33. The minimum absolute atomic E-state index is 0.575. The summed E-state index contributed by atoms with van der Waals surface area (Å²) >= 11 is 2.87. The van der Waals surface area contributed by atoms with Crippen LogP contribution >= 0.6 is 0 Å². The second-order valence-corrected chi connectivity index (χ2v) is 2.28. The summed E-state index contributed by atoms with van der Waals surface area (Å²) in [5, 5.41) is 0. The molecule has 0 spiro atoms. The van der Waals surface area contributed by atoms with Gasteiger partial charge in [0.2, 0.25) is 0 Å². The Hall–Kier alpha value is 0.103. The zero-order valence-electron chi connectivity index (χ0n) is 3.22. The van der Waals surface area contributed by atoms with E-state index >= 15 is 0 Å². The molecule has 0 saturated carbocycles. The molecule has 0 aromatic carbocycles. The molecule has 34 valence electrons. The molecule has 0 atom stereocenters. The van der Waals surface area contributed by atoms with Crippen LogP contribution in [0.1, 0.15) is 0 Å². The number of hydrogen-bond acceptors (Lipinski definition) is 0. The fourth-order valence-corrected chi connectivity index (χ4v) is 0.759. The fourth-order valence-electron chi connectivity index (χ4n) is 0.395. The molecule has 0 aliphatic heterocycles. The van der Waals surface area contributed by atoms with Crippen molar-refractivity contribution in [2.24, 2.45) is 0 Å². The Bertz CT molecular complexity index is 80.1. The second kappa shape index (κ2) is 1.70. The van der Waals surface area contributed by atoms with Crippen LogP contribution in [0.15, 0.2) is 24.3 Å². The third kappa shape index (κ3) is 0.783. The first kappa shape index (κ1) is 4.27. The number of hydrogen-bond donors (Lipinski definition) is 0. The standard InChI is InChI=1S/C5H5.Rh/c1-2-4-5-3-1;/h1-5H;. The molecule has 0 fully saturated rings. The van der Waals surface area contributed by atoms with Gasteiger partial charge < -0.3 is 0 Å². The molecule has 1 rings (SSSR count). The van der Waals surface area contributed by atoms with Crippen molar-refractivity contribution in [2.75, 3.05) is 0 Å². The molecular formula is C5H5Rh. The van der Waals surface area contributed by atoms with E-state index in [0.717, 1.165) is 0 Å². The molecule has 0 unspecified atom stereocenters. The Kier molecular flexibility index (Phi) is 1.21. The molecule has 0 saturated heterocycles. The van der Waals surface area contributed by atoms with E-state index < -0.39 is 0 Å². The van der Waals surface area contributed by atoms with Gasteiger partial charge in [-0.1, -0.05) is 0 Å². The van der Waals surface area contributed by atoms with Crippen molar-refractivity contribution in [3.8, 4) is 0 Å². The summed E-state index contributed by atoms with van der Waals surface area (Å²) in [4.78, 5) is 0. The first-order chi connectivity index (χ1) is 2.89. The summed E-state index contributed by atoms with van der Waals surface area (Å²) in [6.45, 7) is 0. The van der Waals surface area contributed by atoms with Crippen molar-refractivity contribution in [1.82, 2.24) is 0 Å². The molecule has 0 aromatic rings. The maximum absolute atomic E-state index is 2.87. The van der Waals surface area contributed by atoms with Crippen LogP contribution in [-0.4, -0.2) is 0 Å². The molecule has 0 nitrogen and oxygen atoms in total. The Morgan fingerprint density at radius 2 is 1.67 bits per heavy atom. The van der Waals surface area contributed by atoms with Gasteiger partial charge in [-0.05, 0) is 0 Å². The van der Waals surface area contributed by atoms with Crippen LogP contribution < -0.4 is 0 Å². The first-order valence-corrected chi connectivity index (χ1v) is 2.81. The Balaban J connectivity index is 2.60. The molecule has 6 heavy (non-hydrogen) atoms. The van der Waals surface area contributed by atoms with Crippen molar-refractivity contribution < 1.29 is 18.3 Å². The van der Waals surface area contributed by atoms with E-state index in [1.807, 2.05) is 12.2 Å². The molecular weight excluding hydrogens is 163 g/mol. The maximum atomic E-state index is 2.87. The SMILES string of the molecule is [Rh][CH]1C=CC=C1. The average molecular weight is 168 g/mol. The van der Waals surface area contributed by atoms with Gasteiger partial charge in [0, 0.05) is 0 Å². The minimum atomic E-state index is 0.575. The fraction of sp³-hybridized carbons (Fsp3) is 0.200. The van der Waals surface area contributed by atoms with E-state index in [0.29, 0.717) is 4.51 Å². The van der Waals surface area contributed by atoms with Crippen molar-refractivity contribution >= 4 is 0 Å². The quantitative estimate of drug-likeness (QED) is 0.480. The van der Waals surface area contributed by atoms with Gasteiger partial charge in [0.1, 0.15) is 0 Å². The van der Waals surface area contributed by atoms with Crippen LogP contribution in [-0.2, 0) is 18.3 Å². The van der Waals surface area contributed by atoms with Crippen LogP contribution in [0.4, 0.5) is 0 Å². The molecule has 0 heterocycles. The molecule has 1 aliphatic carbocycles. The van der Waals surface area contributed by atoms with Crippen LogP contribution in [0.2, 0.25) is 4.51 Å². The zero-order valence-corrected chi connectivity index (χ0v) is 4.86. The molecule has 0 aromatic heterocycles. The Morgan fingerprint density at radius 1 is 1.17 bits per heavy atom. The normalized spacial score (nSPS) is 20.3. The van der Waals surface area contributed by atoms with E-state index in [9.17, 15) is 0 Å². The van der Waals surface area contributed by atoms with Crippen molar-refractivity contribution in [3.63, 3.8) is 0 Å². The first-order valence-electron chi connectivity index (χ1n) is 1.86. The molecule has 1 heteroatoms. The van der Waals surface area contributed by atoms with Gasteiger partial charge in [-0.3, -0.25) is 0 Å². The van der Waals surface area contributed by atoms with Crippen LogP contribution in [0.25, 0.3) is 0 Å². The predicted molar refractivity (Wildman–Crippen MR) is 22.0 cm³/mol. The second-order valence-electron chi connectivity index (χ2n) is 1.18. The van der Waals surface area contributed by atoms with E-state index in [1.165, 1.54) is 0 Å². The van der Waals surface area contributed by atoms with E-state index in [2.05, 4.69) is 30.5 Å². The molecule has 1 aliphatic rings. The van der Waals surface area contributed by atoms with Gasteiger partial charge in [-0.15, -0.1) is 0 Å². The van der Waals surface area contributed by atoms with E-state index in [1.54, 1.807) is 0 Å². The van der Waals surface area contributed by atoms with Crippen molar-refractivity contribution in [1.29, 1.82) is 0 Å². The van der Waals surface area contributed by atoms with Gasteiger partial charge in [0.25, 0.3) is 0 Å². The van der Waals surface area contributed by atoms with Gasteiger partial charge in [0.05, 0.1) is 0 Å². The van der Waals surface area contributed by atoms with Gasteiger partial charge in [0.15, 0.2) is 0 Å². The predicted octanol–water partition coefficient (Wildman–Crippen LogP) is 1.45. The van der Waals surface area contributed by atoms with Crippen LogP contribution in [0.3, 0.4) is 0 Å². The Morgan fingerprint density at radius 3 is 1.83 bits per heavy atom. The monoisotopic (exact) mass is 168 g/mol. The van der Waals surface area contributed by atoms with Gasteiger partial charge in [-0.2, -0.15) is 0 Å². The van der Waals surface area contributed by atoms with E-state index in [4.69, 9.17) is 0 Å².